The smallest absolute Gasteiger partial charge is 0.00387 e. The van der Waals surface area contributed by atoms with Crippen LogP contribution in [-0.4, -0.2) is 6.04 Å². The Hall–Kier alpha value is -0.300. The zero-order chi connectivity index (χ0) is 14.2. The fraction of sp³-hybridized carbons (Fsp3) is 0.889. The molecule has 0 radical (unpaired) electrons. The summed E-state index contributed by atoms with van der Waals surface area (Å²) in [5.41, 5.74) is 6.00. The normalized spacial score (nSPS) is 13.2. The largest absolute Gasteiger partial charge is 0.328 e. The van der Waals surface area contributed by atoms with Crippen LogP contribution < -0.4 is 5.73 Å². The molecule has 0 aliphatic heterocycles. The maximum atomic E-state index is 6.00. The topological polar surface area (TPSA) is 26.0 Å². The van der Waals surface area contributed by atoms with E-state index in [1.54, 1.807) is 0 Å². The zero-order valence-corrected chi connectivity index (χ0v) is 13.5. The van der Waals surface area contributed by atoms with Gasteiger partial charge in [0.2, 0.25) is 0 Å². The second-order valence-corrected chi connectivity index (χ2v) is 5.86. The fourth-order valence-corrected chi connectivity index (χ4v) is 2.46. The van der Waals surface area contributed by atoms with E-state index in [2.05, 4.69) is 26.0 Å². The molecule has 0 aromatic heterocycles. The van der Waals surface area contributed by atoms with Crippen LogP contribution in [0.15, 0.2) is 12.2 Å². The van der Waals surface area contributed by atoms with Crippen LogP contribution in [0.3, 0.4) is 0 Å². The van der Waals surface area contributed by atoms with E-state index in [1.165, 1.54) is 83.5 Å². The lowest BCUT2D eigenvalue weighted by atomic mass is 10.0. The Balaban J connectivity index is 3.13. The van der Waals surface area contributed by atoms with Crippen molar-refractivity contribution < 1.29 is 0 Å². The van der Waals surface area contributed by atoms with Gasteiger partial charge in [-0.2, -0.15) is 0 Å². The third kappa shape index (κ3) is 15.6. The molecule has 0 rings (SSSR count). The maximum absolute atomic E-state index is 6.00. The van der Waals surface area contributed by atoms with Crippen molar-refractivity contribution in [3.05, 3.63) is 12.2 Å². The van der Waals surface area contributed by atoms with E-state index in [1.807, 2.05) is 0 Å². The van der Waals surface area contributed by atoms with Crippen molar-refractivity contribution in [2.45, 2.75) is 103 Å². The first-order chi connectivity index (χ1) is 9.31. The van der Waals surface area contributed by atoms with Gasteiger partial charge in [0.1, 0.15) is 0 Å². The van der Waals surface area contributed by atoms with Crippen molar-refractivity contribution in [1.29, 1.82) is 0 Å². The minimum absolute atomic E-state index is 0.442. The Morgan fingerprint density at radius 3 is 1.89 bits per heavy atom. The highest BCUT2D eigenvalue weighted by molar-refractivity contribution is 4.81. The fourth-order valence-electron chi connectivity index (χ4n) is 2.46. The van der Waals surface area contributed by atoms with Gasteiger partial charge in [-0.15, -0.1) is 0 Å². The second-order valence-electron chi connectivity index (χ2n) is 5.86. The zero-order valence-electron chi connectivity index (χ0n) is 13.5. The van der Waals surface area contributed by atoms with Crippen LogP contribution in [0.4, 0.5) is 0 Å². The molecule has 19 heavy (non-hydrogen) atoms. The van der Waals surface area contributed by atoms with Gasteiger partial charge in [-0.25, -0.2) is 0 Å². The van der Waals surface area contributed by atoms with Crippen LogP contribution in [0.25, 0.3) is 0 Å². The average molecular weight is 268 g/mol. The van der Waals surface area contributed by atoms with Crippen molar-refractivity contribution in [3.63, 3.8) is 0 Å². The Labute approximate surface area is 122 Å². The van der Waals surface area contributed by atoms with Gasteiger partial charge in [0, 0.05) is 6.04 Å². The van der Waals surface area contributed by atoms with Crippen molar-refractivity contribution in [2.75, 3.05) is 0 Å². The van der Waals surface area contributed by atoms with Gasteiger partial charge < -0.3 is 5.73 Å². The van der Waals surface area contributed by atoms with E-state index < -0.39 is 0 Å². The molecule has 0 saturated heterocycles. The van der Waals surface area contributed by atoms with Gasteiger partial charge in [0.15, 0.2) is 0 Å². The third-order valence-electron chi connectivity index (χ3n) is 3.75. The summed E-state index contributed by atoms with van der Waals surface area (Å²) < 4.78 is 0. The molecule has 1 unspecified atom stereocenters. The molecule has 2 N–H and O–H groups in total. The highest BCUT2D eigenvalue weighted by Crippen LogP contribution is 2.09. The quantitative estimate of drug-likeness (QED) is 0.304. The van der Waals surface area contributed by atoms with Crippen LogP contribution >= 0.6 is 0 Å². The first kappa shape index (κ1) is 18.7. The molecule has 0 aliphatic rings. The van der Waals surface area contributed by atoms with Gasteiger partial charge in [-0.1, -0.05) is 70.9 Å². The first-order valence-corrected chi connectivity index (χ1v) is 8.71. The number of nitrogens with two attached hydrogens (primary N) is 1. The number of hydrogen-bond donors (Lipinski definition) is 1. The molecule has 0 bridgehead atoms. The molecular formula is C18H37N. The summed E-state index contributed by atoms with van der Waals surface area (Å²) in [7, 11) is 0. The molecule has 0 saturated carbocycles. The van der Waals surface area contributed by atoms with Crippen LogP contribution in [0.1, 0.15) is 97.3 Å². The minimum Gasteiger partial charge on any atom is -0.328 e. The highest BCUT2D eigenvalue weighted by atomic mass is 14.6. The molecule has 0 heterocycles. The molecule has 0 aliphatic carbocycles. The van der Waals surface area contributed by atoms with E-state index in [-0.39, 0.29) is 0 Å². The number of hydrogen-bond acceptors (Lipinski definition) is 1. The summed E-state index contributed by atoms with van der Waals surface area (Å²) in [6, 6.07) is 0.442. The van der Waals surface area contributed by atoms with Gasteiger partial charge >= 0.3 is 0 Å². The van der Waals surface area contributed by atoms with Crippen LogP contribution in [0, 0.1) is 0 Å². The van der Waals surface area contributed by atoms with Gasteiger partial charge in [0.25, 0.3) is 0 Å². The molecule has 0 aromatic carbocycles. The summed E-state index contributed by atoms with van der Waals surface area (Å²) in [6.07, 6.45) is 21.9. The summed E-state index contributed by atoms with van der Waals surface area (Å²) in [5, 5.41) is 0. The van der Waals surface area contributed by atoms with Crippen LogP contribution in [0.5, 0.6) is 0 Å². The van der Waals surface area contributed by atoms with Gasteiger partial charge in [0.05, 0.1) is 0 Å². The van der Waals surface area contributed by atoms with E-state index in [4.69, 9.17) is 5.73 Å². The maximum Gasteiger partial charge on any atom is 0.00387 e. The monoisotopic (exact) mass is 267 g/mol. The standard InChI is InChI=1S/C18H37N/c1-3-5-6-7-8-9-10-11-12-13-14-15-17-18(19)16-4-2/h11-12,18H,3-10,13-17,19H2,1-2H3. The lowest BCUT2D eigenvalue weighted by molar-refractivity contribution is 0.528. The Bertz CT molecular complexity index is 186. The highest BCUT2D eigenvalue weighted by Gasteiger charge is 1.99. The first-order valence-electron chi connectivity index (χ1n) is 8.71. The average Bonchev–Trinajstić information content (AvgIpc) is 2.40. The van der Waals surface area contributed by atoms with E-state index >= 15 is 0 Å². The minimum atomic E-state index is 0.442. The number of unbranched alkanes of at least 4 members (excludes halogenated alkanes) is 8. The SMILES string of the molecule is CCCCCCCCC=CCCCCC(N)CCC. The molecule has 0 spiro atoms. The number of rotatable bonds is 14. The van der Waals surface area contributed by atoms with Gasteiger partial charge in [-0.3, -0.25) is 0 Å². The third-order valence-corrected chi connectivity index (χ3v) is 3.75. The molecule has 0 fully saturated rings. The lowest BCUT2D eigenvalue weighted by Crippen LogP contribution is -2.18. The molecule has 1 nitrogen and oxygen atoms in total. The van der Waals surface area contributed by atoms with Crippen LogP contribution in [-0.2, 0) is 0 Å². The Morgan fingerprint density at radius 2 is 1.26 bits per heavy atom. The van der Waals surface area contributed by atoms with Crippen LogP contribution in [0.2, 0.25) is 0 Å². The summed E-state index contributed by atoms with van der Waals surface area (Å²) in [5.74, 6) is 0. The molecule has 1 heteroatoms. The van der Waals surface area contributed by atoms with E-state index in [0.717, 1.165) is 0 Å². The molecular weight excluding hydrogens is 230 g/mol. The predicted octanol–water partition coefficient (Wildman–Crippen LogP) is 5.98. The molecule has 1 atom stereocenters. The summed E-state index contributed by atoms with van der Waals surface area (Å²) >= 11 is 0. The van der Waals surface area contributed by atoms with Crippen molar-refractivity contribution in [2.24, 2.45) is 5.73 Å². The molecule has 114 valence electrons. The van der Waals surface area contributed by atoms with Gasteiger partial charge in [-0.05, 0) is 38.5 Å². The molecule has 0 amide bonds. The van der Waals surface area contributed by atoms with Crippen molar-refractivity contribution in [3.8, 4) is 0 Å². The second kappa shape index (κ2) is 15.8. The predicted molar refractivity (Wildman–Crippen MR) is 88.5 cm³/mol. The lowest BCUT2D eigenvalue weighted by Gasteiger charge is -2.08. The Kier molecular flexibility index (Phi) is 15.5. The molecule has 0 aromatic rings. The number of allylic oxidation sites excluding steroid dienone is 2. The summed E-state index contributed by atoms with van der Waals surface area (Å²) in [6.45, 7) is 4.49. The Morgan fingerprint density at radius 1 is 0.684 bits per heavy atom. The summed E-state index contributed by atoms with van der Waals surface area (Å²) in [4.78, 5) is 0. The van der Waals surface area contributed by atoms with Crippen molar-refractivity contribution in [1.82, 2.24) is 0 Å². The van der Waals surface area contributed by atoms with Crippen molar-refractivity contribution >= 4 is 0 Å². The van der Waals surface area contributed by atoms with E-state index in [0.29, 0.717) is 6.04 Å². The van der Waals surface area contributed by atoms with E-state index in [9.17, 15) is 0 Å².